The Labute approximate surface area is 117 Å². The summed E-state index contributed by atoms with van der Waals surface area (Å²) in [6.45, 7) is 1.88. The first-order valence-corrected chi connectivity index (χ1v) is 6.87. The van der Waals surface area contributed by atoms with Gasteiger partial charge in [-0.25, -0.2) is 4.39 Å². The average Bonchev–Trinajstić information content (AvgIpc) is 2.77. The molecule has 96 valence electrons. The number of hydrogen-bond donors (Lipinski definition) is 2. The van der Waals surface area contributed by atoms with Crippen molar-refractivity contribution in [3.8, 4) is 0 Å². The van der Waals surface area contributed by atoms with Gasteiger partial charge in [0.15, 0.2) is 0 Å². The predicted octanol–water partition coefficient (Wildman–Crippen LogP) is 2.50. The van der Waals surface area contributed by atoms with Crippen molar-refractivity contribution in [2.75, 3.05) is 0 Å². The van der Waals surface area contributed by atoms with Crippen LogP contribution >= 0.6 is 27.5 Å². The Morgan fingerprint density at radius 2 is 2.33 bits per heavy atom. The summed E-state index contributed by atoms with van der Waals surface area (Å²) in [5.74, 6) is 5.30. The minimum Gasteiger partial charge on any atom is -0.271 e. The Balaban J connectivity index is 2.26. The van der Waals surface area contributed by atoms with Gasteiger partial charge in [-0.15, -0.1) is 5.10 Å². The molecule has 1 aromatic heterocycles. The summed E-state index contributed by atoms with van der Waals surface area (Å²) in [6.07, 6.45) is 0.569. The van der Waals surface area contributed by atoms with E-state index < -0.39 is 0 Å². The molecule has 0 saturated heterocycles. The van der Waals surface area contributed by atoms with E-state index in [4.69, 9.17) is 5.84 Å². The molecule has 3 N–H and O–H groups in total. The van der Waals surface area contributed by atoms with Gasteiger partial charge in [0, 0.05) is 4.47 Å². The maximum absolute atomic E-state index is 13.2. The van der Waals surface area contributed by atoms with Gasteiger partial charge in [0.1, 0.15) is 5.82 Å². The van der Waals surface area contributed by atoms with Crippen LogP contribution in [0.3, 0.4) is 0 Å². The smallest absolute Gasteiger partial charge is 0.123 e. The van der Waals surface area contributed by atoms with Gasteiger partial charge >= 0.3 is 0 Å². The molecule has 2 aromatic rings. The zero-order valence-corrected chi connectivity index (χ0v) is 12.1. The molecular weight excluding hydrogens is 319 g/mol. The number of benzene rings is 1. The number of rotatable bonds is 4. The molecule has 0 aliphatic rings. The number of hydrogen-bond acceptors (Lipinski definition) is 5. The quantitative estimate of drug-likeness (QED) is 0.667. The van der Waals surface area contributed by atoms with Gasteiger partial charge in [-0.1, -0.05) is 20.4 Å². The van der Waals surface area contributed by atoms with Crippen LogP contribution in [0.2, 0.25) is 0 Å². The van der Waals surface area contributed by atoms with Crippen molar-refractivity contribution in [2.45, 2.75) is 19.4 Å². The first-order valence-electron chi connectivity index (χ1n) is 5.30. The minimum absolute atomic E-state index is 0.122. The number of aryl methyl sites for hydroxylation is 1. The highest BCUT2D eigenvalue weighted by atomic mass is 79.9. The summed E-state index contributed by atoms with van der Waals surface area (Å²) in [7, 11) is 0. The van der Waals surface area contributed by atoms with E-state index in [0.717, 1.165) is 20.6 Å². The second-order valence-corrected chi connectivity index (χ2v) is 5.52. The van der Waals surface area contributed by atoms with E-state index in [1.54, 1.807) is 6.07 Å². The molecule has 1 atom stereocenters. The second-order valence-electron chi connectivity index (χ2n) is 3.88. The summed E-state index contributed by atoms with van der Waals surface area (Å²) in [4.78, 5) is 0.966. The van der Waals surface area contributed by atoms with Crippen molar-refractivity contribution in [3.05, 3.63) is 44.6 Å². The number of nitrogens with zero attached hydrogens (tertiary/aromatic N) is 2. The van der Waals surface area contributed by atoms with Gasteiger partial charge in [0.2, 0.25) is 0 Å². The Morgan fingerprint density at radius 3 is 2.94 bits per heavy atom. The summed E-state index contributed by atoms with van der Waals surface area (Å²) >= 11 is 4.71. The van der Waals surface area contributed by atoms with Gasteiger partial charge in [-0.3, -0.25) is 11.3 Å². The van der Waals surface area contributed by atoms with Crippen LogP contribution < -0.4 is 11.3 Å². The molecular formula is C11H12BrFN4S. The van der Waals surface area contributed by atoms with Crippen LogP contribution in [-0.4, -0.2) is 9.59 Å². The molecule has 0 radical (unpaired) electrons. The molecule has 2 rings (SSSR count). The van der Waals surface area contributed by atoms with Crippen LogP contribution in [0.5, 0.6) is 0 Å². The molecule has 0 fully saturated rings. The van der Waals surface area contributed by atoms with Gasteiger partial charge in [-0.05, 0) is 48.6 Å². The number of halogens is 2. The van der Waals surface area contributed by atoms with Gasteiger partial charge < -0.3 is 0 Å². The van der Waals surface area contributed by atoms with Crippen molar-refractivity contribution in [3.63, 3.8) is 0 Å². The van der Waals surface area contributed by atoms with Crippen LogP contribution in [0.15, 0.2) is 22.7 Å². The Kier molecular flexibility index (Phi) is 4.39. The van der Waals surface area contributed by atoms with Crippen molar-refractivity contribution >= 4 is 27.5 Å². The first kappa shape index (κ1) is 13.5. The molecule has 0 bridgehead atoms. The summed E-state index contributed by atoms with van der Waals surface area (Å²) in [5, 5.41) is 3.95. The maximum atomic E-state index is 13.2. The number of nitrogens with two attached hydrogens (primary N) is 1. The van der Waals surface area contributed by atoms with Crippen LogP contribution in [-0.2, 0) is 6.42 Å². The fourth-order valence-electron chi connectivity index (χ4n) is 1.70. The van der Waals surface area contributed by atoms with Gasteiger partial charge in [0.05, 0.1) is 16.6 Å². The van der Waals surface area contributed by atoms with Crippen molar-refractivity contribution in [1.82, 2.24) is 15.0 Å². The molecule has 0 amide bonds. The summed E-state index contributed by atoms with van der Waals surface area (Å²) < 4.78 is 18.0. The zero-order valence-electron chi connectivity index (χ0n) is 9.65. The summed E-state index contributed by atoms with van der Waals surface area (Å²) in [5.41, 5.74) is 4.42. The third-order valence-electron chi connectivity index (χ3n) is 2.64. The van der Waals surface area contributed by atoms with E-state index >= 15 is 0 Å². The highest BCUT2D eigenvalue weighted by molar-refractivity contribution is 9.10. The van der Waals surface area contributed by atoms with Crippen LogP contribution in [0, 0.1) is 12.7 Å². The highest BCUT2D eigenvalue weighted by Gasteiger charge is 2.17. The van der Waals surface area contributed by atoms with Crippen molar-refractivity contribution in [2.24, 2.45) is 5.84 Å². The molecule has 4 nitrogen and oxygen atoms in total. The van der Waals surface area contributed by atoms with Crippen molar-refractivity contribution < 1.29 is 4.39 Å². The fraction of sp³-hybridized carbons (Fsp3) is 0.273. The van der Waals surface area contributed by atoms with Gasteiger partial charge in [0.25, 0.3) is 0 Å². The normalized spacial score (nSPS) is 12.7. The van der Waals surface area contributed by atoms with E-state index in [0.29, 0.717) is 6.42 Å². The zero-order chi connectivity index (χ0) is 13.1. The van der Waals surface area contributed by atoms with E-state index in [1.165, 1.54) is 23.7 Å². The Bertz CT molecular complexity index is 546. The minimum atomic E-state index is -0.261. The Morgan fingerprint density at radius 1 is 1.56 bits per heavy atom. The number of hydrazine groups is 1. The largest absolute Gasteiger partial charge is 0.271 e. The fourth-order valence-corrected chi connectivity index (χ4v) is 2.82. The van der Waals surface area contributed by atoms with Crippen LogP contribution in [0.4, 0.5) is 4.39 Å². The molecule has 7 heteroatoms. The SMILES string of the molecule is Cc1nnsc1C(Cc1cc(F)ccc1Br)NN. The van der Waals surface area contributed by atoms with Crippen LogP contribution in [0.25, 0.3) is 0 Å². The van der Waals surface area contributed by atoms with E-state index in [1.807, 2.05) is 6.92 Å². The maximum Gasteiger partial charge on any atom is 0.123 e. The second kappa shape index (κ2) is 5.83. The molecule has 1 unspecified atom stereocenters. The molecule has 0 spiro atoms. The molecule has 1 aromatic carbocycles. The topological polar surface area (TPSA) is 63.8 Å². The molecule has 0 aliphatic carbocycles. The molecule has 1 heterocycles. The van der Waals surface area contributed by atoms with Crippen molar-refractivity contribution in [1.29, 1.82) is 0 Å². The molecule has 0 aliphatic heterocycles. The lowest BCUT2D eigenvalue weighted by Crippen LogP contribution is -2.29. The predicted molar refractivity (Wildman–Crippen MR) is 72.5 cm³/mol. The Hall–Kier alpha value is -0.890. The third kappa shape index (κ3) is 2.92. The molecule has 18 heavy (non-hydrogen) atoms. The number of nitrogens with one attached hydrogen (secondary N) is 1. The standard InChI is InChI=1S/C11H12BrFN4S/c1-6-11(18-17-16-6)10(15-14)5-7-4-8(13)2-3-9(7)12/h2-4,10,15H,5,14H2,1H3. The lowest BCUT2D eigenvalue weighted by molar-refractivity contribution is 0.552. The summed E-state index contributed by atoms with van der Waals surface area (Å²) in [6, 6.07) is 4.48. The lowest BCUT2D eigenvalue weighted by Gasteiger charge is -2.15. The van der Waals surface area contributed by atoms with Crippen LogP contribution in [0.1, 0.15) is 22.2 Å². The third-order valence-corrected chi connectivity index (χ3v) is 4.35. The van der Waals surface area contributed by atoms with E-state index in [9.17, 15) is 4.39 Å². The number of aromatic nitrogens is 2. The lowest BCUT2D eigenvalue weighted by atomic mass is 10.0. The monoisotopic (exact) mass is 330 g/mol. The van der Waals surface area contributed by atoms with E-state index in [-0.39, 0.29) is 11.9 Å². The first-order chi connectivity index (χ1) is 8.61. The van der Waals surface area contributed by atoms with Gasteiger partial charge in [-0.2, -0.15) is 0 Å². The molecule has 0 saturated carbocycles. The average molecular weight is 331 g/mol. The highest BCUT2D eigenvalue weighted by Crippen LogP contribution is 2.27. The van der Waals surface area contributed by atoms with E-state index in [2.05, 4.69) is 30.9 Å².